The normalized spacial score (nSPS) is 12.1. The molecule has 0 aliphatic carbocycles. The third-order valence-electron chi connectivity index (χ3n) is 2.70. The van der Waals surface area contributed by atoms with Gasteiger partial charge in [-0.15, -0.1) is 0 Å². The van der Waals surface area contributed by atoms with Gasteiger partial charge in [-0.2, -0.15) is 13.2 Å². The second kappa shape index (κ2) is 8.26. The Morgan fingerprint density at radius 2 is 1.86 bits per heavy atom. The van der Waals surface area contributed by atoms with E-state index in [1.54, 1.807) is 24.3 Å². The predicted octanol–water partition coefficient (Wildman–Crippen LogP) is 1.79. The number of nitrogens with one attached hydrogen (secondary N) is 2. The molecule has 1 aromatic carbocycles. The zero-order valence-electron chi connectivity index (χ0n) is 12.2. The van der Waals surface area contributed by atoms with Crippen LogP contribution in [0.15, 0.2) is 29.3 Å². The number of hydrogen-bond acceptors (Lipinski definition) is 2. The van der Waals surface area contributed by atoms with Crippen molar-refractivity contribution in [3.05, 3.63) is 35.4 Å². The molecule has 0 fully saturated rings. The molecular weight excluding hydrogens is 297 g/mol. The van der Waals surface area contributed by atoms with Gasteiger partial charge >= 0.3 is 6.18 Å². The van der Waals surface area contributed by atoms with Gasteiger partial charge in [0, 0.05) is 18.7 Å². The standard InChI is InChI=1S/C14H19F3N4O/c1-2-19-13(20-8-7-14(15,16)17)21-9-10-3-5-11(6-4-10)12(18)22/h3-6H,2,7-9H2,1H3,(H2,18,22)(H2,19,20,21). The molecule has 0 bridgehead atoms. The average molecular weight is 316 g/mol. The monoisotopic (exact) mass is 316 g/mol. The SMILES string of the molecule is CCNC(=NCc1ccc(C(N)=O)cc1)NCCC(F)(F)F. The van der Waals surface area contributed by atoms with Gasteiger partial charge in [-0.25, -0.2) is 4.99 Å². The van der Waals surface area contributed by atoms with E-state index in [9.17, 15) is 18.0 Å². The van der Waals surface area contributed by atoms with Gasteiger partial charge in [0.25, 0.3) is 0 Å². The molecule has 1 amide bonds. The number of nitrogens with zero attached hydrogens (tertiary/aromatic N) is 1. The fourth-order valence-corrected chi connectivity index (χ4v) is 1.61. The predicted molar refractivity (Wildman–Crippen MR) is 78.5 cm³/mol. The minimum absolute atomic E-state index is 0.240. The van der Waals surface area contributed by atoms with Crippen molar-refractivity contribution in [1.29, 1.82) is 0 Å². The molecule has 0 aromatic heterocycles. The Morgan fingerprint density at radius 1 is 1.23 bits per heavy atom. The summed E-state index contributed by atoms with van der Waals surface area (Å²) < 4.78 is 36.3. The zero-order valence-corrected chi connectivity index (χ0v) is 12.2. The van der Waals surface area contributed by atoms with Crippen LogP contribution in [-0.2, 0) is 6.54 Å². The number of aliphatic imine (C=N–C) groups is 1. The zero-order chi connectivity index (χ0) is 16.6. The number of rotatable bonds is 6. The molecule has 5 nitrogen and oxygen atoms in total. The molecule has 8 heteroatoms. The third-order valence-corrected chi connectivity index (χ3v) is 2.70. The molecule has 0 saturated carbocycles. The van der Waals surface area contributed by atoms with E-state index in [1.165, 1.54) is 0 Å². The Hall–Kier alpha value is -2.25. The van der Waals surface area contributed by atoms with Crippen LogP contribution in [-0.4, -0.2) is 31.1 Å². The van der Waals surface area contributed by atoms with Crippen LogP contribution < -0.4 is 16.4 Å². The summed E-state index contributed by atoms with van der Waals surface area (Å²) >= 11 is 0. The number of carbonyl (C=O) groups excluding carboxylic acids is 1. The highest BCUT2D eigenvalue weighted by atomic mass is 19.4. The molecule has 0 aliphatic rings. The lowest BCUT2D eigenvalue weighted by Gasteiger charge is -2.12. The first-order chi connectivity index (χ1) is 10.3. The van der Waals surface area contributed by atoms with E-state index >= 15 is 0 Å². The molecule has 0 radical (unpaired) electrons. The fraction of sp³-hybridized carbons (Fsp3) is 0.429. The molecule has 0 heterocycles. The van der Waals surface area contributed by atoms with Gasteiger partial charge in [-0.3, -0.25) is 4.79 Å². The van der Waals surface area contributed by atoms with Crippen LogP contribution >= 0.6 is 0 Å². The summed E-state index contributed by atoms with van der Waals surface area (Å²) in [6.07, 6.45) is -5.13. The lowest BCUT2D eigenvalue weighted by molar-refractivity contribution is -0.132. The number of nitrogens with two attached hydrogens (primary N) is 1. The number of primary amides is 1. The van der Waals surface area contributed by atoms with Gasteiger partial charge in [-0.1, -0.05) is 12.1 Å². The molecule has 0 atom stereocenters. The summed E-state index contributed by atoms with van der Waals surface area (Å²) in [5.41, 5.74) is 6.35. The molecule has 1 aromatic rings. The molecule has 22 heavy (non-hydrogen) atoms. The Bertz CT molecular complexity index is 512. The Labute approximate surface area is 126 Å². The number of benzene rings is 1. The van der Waals surface area contributed by atoms with E-state index in [0.717, 1.165) is 5.56 Å². The van der Waals surface area contributed by atoms with Crippen LogP contribution in [0.25, 0.3) is 0 Å². The maximum absolute atomic E-state index is 12.1. The van der Waals surface area contributed by atoms with E-state index in [1.807, 2.05) is 6.92 Å². The molecule has 0 unspecified atom stereocenters. The van der Waals surface area contributed by atoms with Crippen molar-refractivity contribution in [3.8, 4) is 0 Å². The van der Waals surface area contributed by atoms with E-state index in [2.05, 4.69) is 15.6 Å². The van der Waals surface area contributed by atoms with Crippen LogP contribution in [0.4, 0.5) is 13.2 Å². The van der Waals surface area contributed by atoms with Gasteiger partial charge < -0.3 is 16.4 Å². The van der Waals surface area contributed by atoms with Crippen molar-refractivity contribution in [2.75, 3.05) is 13.1 Å². The van der Waals surface area contributed by atoms with Crippen molar-refractivity contribution in [2.24, 2.45) is 10.7 Å². The minimum atomic E-state index is -4.20. The number of alkyl halides is 3. The highest BCUT2D eigenvalue weighted by Crippen LogP contribution is 2.18. The first kappa shape index (κ1) is 17.8. The van der Waals surface area contributed by atoms with Crippen molar-refractivity contribution in [2.45, 2.75) is 26.1 Å². The van der Waals surface area contributed by atoms with Gasteiger partial charge in [0.15, 0.2) is 5.96 Å². The maximum atomic E-state index is 12.1. The van der Waals surface area contributed by atoms with Crippen LogP contribution in [0.1, 0.15) is 29.3 Å². The van der Waals surface area contributed by atoms with Crippen molar-refractivity contribution >= 4 is 11.9 Å². The summed E-state index contributed by atoms with van der Waals surface area (Å²) in [4.78, 5) is 15.1. The molecule has 0 aliphatic heterocycles. The number of guanidine groups is 1. The van der Waals surface area contributed by atoms with Gasteiger partial charge in [0.05, 0.1) is 13.0 Å². The Kier molecular flexibility index (Phi) is 6.68. The van der Waals surface area contributed by atoms with Crippen LogP contribution in [0, 0.1) is 0 Å². The summed E-state index contributed by atoms with van der Waals surface area (Å²) in [5.74, 6) is -0.206. The van der Waals surface area contributed by atoms with E-state index < -0.39 is 18.5 Å². The van der Waals surface area contributed by atoms with Crippen molar-refractivity contribution < 1.29 is 18.0 Å². The fourth-order valence-electron chi connectivity index (χ4n) is 1.61. The van der Waals surface area contributed by atoms with Gasteiger partial charge in [-0.05, 0) is 24.6 Å². The average Bonchev–Trinajstić information content (AvgIpc) is 2.44. The van der Waals surface area contributed by atoms with Crippen LogP contribution in [0.5, 0.6) is 0 Å². The number of amides is 1. The largest absolute Gasteiger partial charge is 0.390 e. The van der Waals surface area contributed by atoms with Gasteiger partial charge in [0.2, 0.25) is 5.91 Å². The summed E-state index contributed by atoms with van der Waals surface area (Å²) in [6.45, 7) is 2.40. The van der Waals surface area contributed by atoms with E-state index in [-0.39, 0.29) is 13.1 Å². The number of carbonyl (C=O) groups is 1. The smallest absolute Gasteiger partial charge is 0.366 e. The van der Waals surface area contributed by atoms with Crippen molar-refractivity contribution in [1.82, 2.24) is 10.6 Å². The van der Waals surface area contributed by atoms with Crippen molar-refractivity contribution in [3.63, 3.8) is 0 Å². The third kappa shape index (κ3) is 6.96. The molecule has 122 valence electrons. The number of halogens is 3. The van der Waals surface area contributed by atoms with Crippen LogP contribution in [0.2, 0.25) is 0 Å². The van der Waals surface area contributed by atoms with E-state index in [4.69, 9.17) is 5.73 Å². The second-order valence-electron chi connectivity index (χ2n) is 4.55. The maximum Gasteiger partial charge on any atom is 0.390 e. The second-order valence-corrected chi connectivity index (χ2v) is 4.55. The Balaban J connectivity index is 2.59. The molecule has 0 saturated heterocycles. The number of hydrogen-bond donors (Lipinski definition) is 3. The van der Waals surface area contributed by atoms with Gasteiger partial charge in [0.1, 0.15) is 0 Å². The topological polar surface area (TPSA) is 79.5 Å². The Morgan fingerprint density at radius 3 is 2.36 bits per heavy atom. The molecule has 0 spiro atoms. The molecular formula is C14H19F3N4O. The first-order valence-electron chi connectivity index (χ1n) is 6.79. The van der Waals surface area contributed by atoms with E-state index in [0.29, 0.717) is 18.1 Å². The lowest BCUT2D eigenvalue weighted by atomic mass is 10.1. The first-order valence-corrected chi connectivity index (χ1v) is 6.79. The minimum Gasteiger partial charge on any atom is -0.366 e. The highest BCUT2D eigenvalue weighted by Gasteiger charge is 2.26. The summed E-state index contributed by atoms with van der Waals surface area (Å²) in [5, 5.41) is 5.49. The molecule has 1 rings (SSSR count). The summed E-state index contributed by atoms with van der Waals surface area (Å²) in [7, 11) is 0. The highest BCUT2D eigenvalue weighted by molar-refractivity contribution is 5.92. The molecule has 4 N–H and O–H groups in total. The van der Waals surface area contributed by atoms with Crippen LogP contribution in [0.3, 0.4) is 0 Å². The lowest BCUT2D eigenvalue weighted by Crippen LogP contribution is -2.38. The summed E-state index contributed by atoms with van der Waals surface area (Å²) in [6, 6.07) is 6.56. The quantitative estimate of drug-likeness (QED) is 0.553.